The van der Waals surface area contributed by atoms with Crippen molar-refractivity contribution in [3.63, 3.8) is 0 Å². The van der Waals surface area contributed by atoms with Crippen LogP contribution in [0.5, 0.6) is 0 Å². The molecule has 0 bridgehead atoms. The fourth-order valence-electron chi connectivity index (χ4n) is 1.36. The third kappa shape index (κ3) is 3.92. The maximum atomic E-state index is 11.7. The van der Waals surface area contributed by atoms with Crippen LogP contribution >= 0.6 is 0 Å². The van der Waals surface area contributed by atoms with Gasteiger partial charge < -0.3 is 5.11 Å². The van der Waals surface area contributed by atoms with E-state index in [0.29, 0.717) is 0 Å². The van der Waals surface area contributed by atoms with E-state index in [9.17, 15) is 8.42 Å². The summed E-state index contributed by atoms with van der Waals surface area (Å²) in [4.78, 5) is 0. The first-order valence-electron chi connectivity index (χ1n) is 5.10. The predicted molar refractivity (Wildman–Crippen MR) is 63.5 cm³/mol. The van der Waals surface area contributed by atoms with Crippen LogP contribution < -0.4 is 4.72 Å². The van der Waals surface area contributed by atoms with Gasteiger partial charge in [0.05, 0.1) is 12.4 Å². The highest BCUT2D eigenvalue weighted by atomic mass is 32.2. The van der Waals surface area contributed by atoms with Crippen molar-refractivity contribution >= 4 is 10.0 Å². The molecule has 0 radical (unpaired) electrons. The minimum absolute atomic E-state index is 0.0516. The van der Waals surface area contributed by atoms with E-state index < -0.39 is 16.1 Å². The number of aliphatic hydroxyl groups excluding tert-OH is 1. The summed E-state index contributed by atoms with van der Waals surface area (Å²) in [6.07, 6.45) is 0. The lowest BCUT2D eigenvalue weighted by molar-refractivity contribution is 0.265. The van der Waals surface area contributed by atoms with Gasteiger partial charge in [-0.25, -0.2) is 13.1 Å². The third-order valence-electron chi connectivity index (χ3n) is 2.26. The van der Waals surface area contributed by atoms with Gasteiger partial charge in [-0.15, -0.1) is 0 Å². The molecule has 0 unspecified atom stereocenters. The number of aliphatic hydroxyl groups is 1. The van der Waals surface area contributed by atoms with Gasteiger partial charge in [-0.1, -0.05) is 24.3 Å². The summed E-state index contributed by atoms with van der Waals surface area (Å²) in [5.41, 5.74) is 1.73. The van der Waals surface area contributed by atoms with Crippen molar-refractivity contribution in [1.29, 1.82) is 0 Å². The molecule has 1 atom stereocenters. The van der Waals surface area contributed by atoms with Crippen LogP contribution in [0.1, 0.15) is 18.1 Å². The molecule has 2 N–H and O–H groups in total. The number of hydrogen-bond donors (Lipinski definition) is 2. The first-order valence-corrected chi connectivity index (χ1v) is 6.75. The van der Waals surface area contributed by atoms with Crippen LogP contribution in [0.3, 0.4) is 0 Å². The highest BCUT2D eigenvalue weighted by Crippen LogP contribution is 2.10. The molecule has 0 amide bonds. The summed E-state index contributed by atoms with van der Waals surface area (Å²) in [5, 5.41) is 8.79. The maximum absolute atomic E-state index is 11.7. The molecule has 0 fully saturated rings. The Hall–Kier alpha value is -0.910. The second kappa shape index (κ2) is 5.43. The molecule has 0 heterocycles. The molecule has 1 aromatic carbocycles. The van der Waals surface area contributed by atoms with E-state index in [0.717, 1.165) is 11.1 Å². The minimum atomic E-state index is -3.38. The van der Waals surface area contributed by atoms with Crippen LogP contribution in [0.2, 0.25) is 0 Å². The quantitative estimate of drug-likeness (QED) is 0.803. The van der Waals surface area contributed by atoms with Gasteiger partial charge >= 0.3 is 0 Å². The fraction of sp³-hybridized carbons (Fsp3) is 0.455. The van der Waals surface area contributed by atoms with Gasteiger partial charge in [0.1, 0.15) is 0 Å². The molecular weight excluding hydrogens is 226 g/mol. The summed E-state index contributed by atoms with van der Waals surface area (Å²) in [7, 11) is -3.38. The Bertz CT molecular complexity index is 442. The zero-order valence-corrected chi connectivity index (χ0v) is 10.3. The van der Waals surface area contributed by atoms with E-state index >= 15 is 0 Å². The maximum Gasteiger partial charge on any atom is 0.216 e. The van der Waals surface area contributed by atoms with Crippen molar-refractivity contribution in [2.75, 3.05) is 6.61 Å². The first kappa shape index (κ1) is 13.2. The number of nitrogens with one attached hydrogen (secondary N) is 1. The number of sulfonamides is 1. The molecule has 1 rings (SSSR count). The summed E-state index contributed by atoms with van der Waals surface area (Å²) < 4.78 is 25.8. The molecule has 0 saturated carbocycles. The van der Waals surface area contributed by atoms with Crippen molar-refractivity contribution in [1.82, 2.24) is 4.72 Å². The summed E-state index contributed by atoms with van der Waals surface area (Å²) in [6, 6.07) is 6.90. The lowest BCUT2D eigenvalue weighted by atomic mass is 10.1. The van der Waals surface area contributed by atoms with Gasteiger partial charge in [-0.05, 0) is 25.0 Å². The van der Waals surface area contributed by atoms with Crippen molar-refractivity contribution in [2.24, 2.45) is 0 Å². The molecule has 0 aliphatic rings. The molecule has 0 saturated heterocycles. The van der Waals surface area contributed by atoms with Crippen molar-refractivity contribution in [2.45, 2.75) is 25.6 Å². The molecule has 4 nitrogen and oxygen atoms in total. The van der Waals surface area contributed by atoms with Crippen LogP contribution in [-0.4, -0.2) is 26.2 Å². The molecule has 5 heteroatoms. The molecule has 90 valence electrons. The summed E-state index contributed by atoms with van der Waals surface area (Å²) in [6.45, 7) is 3.29. The first-order chi connectivity index (χ1) is 7.44. The van der Waals surface area contributed by atoms with Crippen LogP contribution in [0, 0.1) is 6.92 Å². The second-order valence-corrected chi connectivity index (χ2v) is 5.64. The topological polar surface area (TPSA) is 66.4 Å². The lowest BCUT2D eigenvalue weighted by Crippen LogP contribution is -2.35. The highest BCUT2D eigenvalue weighted by molar-refractivity contribution is 7.88. The second-order valence-electron chi connectivity index (χ2n) is 3.89. The Morgan fingerprint density at radius 1 is 1.38 bits per heavy atom. The largest absolute Gasteiger partial charge is 0.395 e. The van der Waals surface area contributed by atoms with Gasteiger partial charge in [-0.3, -0.25) is 0 Å². The van der Waals surface area contributed by atoms with E-state index in [1.54, 1.807) is 13.0 Å². The van der Waals surface area contributed by atoms with Gasteiger partial charge in [0.2, 0.25) is 10.0 Å². The molecule has 0 aliphatic heterocycles. The Morgan fingerprint density at radius 3 is 2.56 bits per heavy atom. The molecule has 0 spiro atoms. The van der Waals surface area contributed by atoms with Crippen LogP contribution in [0.25, 0.3) is 0 Å². The Morgan fingerprint density at radius 2 is 2.00 bits per heavy atom. The smallest absolute Gasteiger partial charge is 0.216 e. The van der Waals surface area contributed by atoms with E-state index in [1.807, 2.05) is 25.1 Å². The average Bonchev–Trinajstić information content (AvgIpc) is 2.20. The third-order valence-corrected chi connectivity index (χ3v) is 3.71. The number of aryl methyl sites for hydroxylation is 1. The van der Waals surface area contributed by atoms with E-state index in [2.05, 4.69) is 4.72 Å². The zero-order valence-electron chi connectivity index (χ0n) is 9.47. The van der Waals surface area contributed by atoms with E-state index in [-0.39, 0.29) is 12.4 Å². The summed E-state index contributed by atoms with van der Waals surface area (Å²) in [5.74, 6) is -0.0516. The van der Waals surface area contributed by atoms with E-state index in [1.165, 1.54) is 0 Å². The van der Waals surface area contributed by atoms with Crippen molar-refractivity contribution in [3.8, 4) is 0 Å². The normalized spacial score (nSPS) is 13.7. The predicted octanol–water partition coefficient (Wildman–Crippen LogP) is 0.795. The summed E-state index contributed by atoms with van der Waals surface area (Å²) >= 11 is 0. The highest BCUT2D eigenvalue weighted by Gasteiger charge is 2.15. The van der Waals surface area contributed by atoms with Gasteiger partial charge in [0, 0.05) is 6.04 Å². The standard InChI is InChI=1S/C11H17NO3S/c1-9-5-3-4-6-11(9)8-16(14,15)12-10(2)7-13/h3-6,10,12-13H,7-8H2,1-2H3/t10-/m0/s1. The SMILES string of the molecule is Cc1ccccc1CS(=O)(=O)N[C@@H](C)CO. The zero-order chi connectivity index (χ0) is 12.2. The molecule has 16 heavy (non-hydrogen) atoms. The van der Waals surface area contributed by atoms with Crippen molar-refractivity contribution < 1.29 is 13.5 Å². The monoisotopic (exact) mass is 243 g/mol. The van der Waals surface area contributed by atoms with Gasteiger partial charge in [-0.2, -0.15) is 0 Å². The molecule has 1 aromatic rings. The Labute approximate surface area is 96.4 Å². The number of benzene rings is 1. The van der Waals surface area contributed by atoms with Gasteiger partial charge in [0.25, 0.3) is 0 Å². The van der Waals surface area contributed by atoms with Crippen LogP contribution in [0.15, 0.2) is 24.3 Å². The van der Waals surface area contributed by atoms with Crippen LogP contribution in [-0.2, 0) is 15.8 Å². The average molecular weight is 243 g/mol. The number of rotatable bonds is 5. The lowest BCUT2D eigenvalue weighted by Gasteiger charge is -2.12. The molecule has 0 aliphatic carbocycles. The molecule has 0 aromatic heterocycles. The fourth-order valence-corrected chi connectivity index (χ4v) is 2.87. The number of hydrogen-bond acceptors (Lipinski definition) is 3. The minimum Gasteiger partial charge on any atom is -0.395 e. The van der Waals surface area contributed by atoms with Crippen LogP contribution in [0.4, 0.5) is 0 Å². The Balaban J connectivity index is 2.77. The molecular formula is C11H17NO3S. The van der Waals surface area contributed by atoms with E-state index in [4.69, 9.17) is 5.11 Å². The van der Waals surface area contributed by atoms with Crippen molar-refractivity contribution in [3.05, 3.63) is 35.4 Å². The van der Waals surface area contributed by atoms with Gasteiger partial charge in [0.15, 0.2) is 0 Å². The Kier molecular flexibility index (Phi) is 4.46.